The van der Waals surface area contributed by atoms with E-state index in [4.69, 9.17) is 14.5 Å². The van der Waals surface area contributed by atoms with Gasteiger partial charge < -0.3 is 14.4 Å². The first-order valence-electron chi connectivity index (χ1n) is 9.09. The lowest BCUT2D eigenvalue weighted by atomic mass is 10.0. The van der Waals surface area contributed by atoms with E-state index in [0.717, 1.165) is 30.7 Å². The van der Waals surface area contributed by atoms with Gasteiger partial charge in [-0.05, 0) is 57.4 Å². The maximum Gasteiger partial charge on any atom is 0.343 e. The second-order valence-corrected chi connectivity index (χ2v) is 6.42. The van der Waals surface area contributed by atoms with Gasteiger partial charge in [-0.2, -0.15) is 0 Å². The number of ether oxygens (including phenoxy) is 2. The molecule has 6 nitrogen and oxygen atoms in total. The Bertz CT molecular complexity index is 761. The Kier molecular flexibility index (Phi) is 5.71. The molecule has 1 aliphatic heterocycles. The van der Waals surface area contributed by atoms with Gasteiger partial charge in [0.25, 0.3) is 0 Å². The van der Waals surface area contributed by atoms with Gasteiger partial charge in [0.05, 0.1) is 13.7 Å². The Labute approximate surface area is 154 Å². The molecule has 1 saturated heterocycles. The fraction of sp³-hybridized carbons (Fsp3) is 0.450. The fourth-order valence-corrected chi connectivity index (χ4v) is 3.24. The molecule has 0 amide bonds. The summed E-state index contributed by atoms with van der Waals surface area (Å²) in [5, 5.41) is 0. The molecule has 0 N–H and O–H groups in total. The van der Waals surface area contributed by atoms with E-state index in [2.05, 4.69) is 16.8 Å². The third kappa shape index (κ3) is 3.79. The van der Waals surface area contributed by atoms with Crippen LogP contribution in [0.5, 0.6) is 5.75 Å². The minimum absolute atomic E-state index is 0.327. The van der Waals surface area contributed by atoms with Crippen molar-refractivity contribution in [2.24, 2.45) is 0 Å². The van der Waals surface area contributed by atoms with Crippen molar-refractivity contribution < 1.29 is 14.3 Å². The van der Waals surface area contributed by atoms with Gasteiger partial charge in [-0.15, -0.1) is 0 Å². The van der Waals surface area contributed by atoms with Crippen LogP contribution in [0, 0.1) is 0 Å². The summed E-state index contributed by atoms with van der Waals surface area (Å²) in [7, 11) is 1.63. The summed E-state index contributed by atoms with van der Waals surface area (Å²) in [5.41, 5.74) is 1.31. The molecule has 0 saturated carbocycles. The third-order valence-electron chi connectivity index (χ3n) is 4.69. The Morgan fingerprint density at radius 1 is 1.27 bits per heavy atom. The number of carbonyl (C=O) groups excluding carboxylic acids is 1. The van der Waals surface area contributed by atoms with Gasteiger partial charge in [0.1, 0.15) is 17.1 Å². The summed E-state index contributed by atoms with van der Waals surface area (Å²) >= 11 is 0. The number of hydrogen-bond acceptors (Lipinski definition) is 6. The van der Waals surface area contributed by atoms with Gasteiger partial charge >= 0.3 is 5.97 Å². The zero-order valence-corrected chi connectivity index (χ0v) is 15.6. The summed E-state index contributed by atoms with van der Waals surface area (Å²) in [5.74, 6) is 1.66. The molecule has 0 bridgehead atoms. The van der Waals surface area contributed by atoms with E-state index in [-0.39, 0.29) is 5.97 Å². The first kappa shape index (κ1) is 18.2. The van der Waals surface area contributed by atoms with Crippen molar-refractivity contribution in [2.75, 3.05) is 25.2 Å². The molecule has 2 heterocycles. The molecular weight excluding hydrogens is 330 g/mol. The fourth-order valence-electron chi connectivity index (χ4n) is 3.24. The molecule has 1 aromatic carbocycles. The lowest BCUT2D eigenvalue weighted by Crippen LogP contribution is -2.39. The minimum atomic E-state index is -0.374. The summed E-state index contributed by atoms with van der Waals surface area (Å²) in [6.07, 6.45) is 4.96. The first-order chi connectivity index (χ1) is 12.6. The number of methoxy groups -OCH3 is 1. The number of esters is 1. The van der Waals surface area contributed by atoms with Crippen molar-refractivity contribution in [3.05, 3.63) is 36.0 Å². The number of aromatic nitrogens is 2. The van der Waals surface area contributed by atoms with E-state index in [9.17, 15) is 4.79 Å². The van der Waals surface area contributed by atoms with E-state index < -0.39 is 0 Å². The third-order valence-corrected chi connectivity index (χ3v) is 4.69. The van der Waals surface area contributed by atoms with Crippen LogP contribution in [0.15, 0.2) is 30.5 Å². The van der Waals surface area contributed by atoms with Crippen molar-refractivity contribution in [3.8, 4) is 17.1 Å². The van der Waals surface area contributed by atoms with E-state index in [1.165, 1.54) is 6.42 Å². The van der Waals surface area contributed by atoms with E-state index in [1.807, 2.05) is 24.3 Å². The van der Waals surface area contributed by atoms with Crippen molar-refractivity contribution in [2.45, 2.75) is 39.2 Å². The second-order valence-electron chi connectivity index (χ2n) is 6.42. The number of hydrogen-bond donors (Lipinski definition) is 0. The summed E-state index contributed by atoms with van der Waals surface area (Å²) in [6.45, 7) is 5.18. The van der Waals surface area contributed by atoms with Crippen LogP contribution in [0.2, 0.25) is 0 Å². The number of carbonyl (C=O) groups is 1. The maximum absolute atomic E-state index is 12.4. The summed E-state index contributed by atoms with van der Waals surface area (Å²) in [6, 6.07) is 7.92. The van der Waals surface area contributed by atoms with Crippen LogP contribution in [0.1, 0.15) is 43.5 Å². The molecule has 26 heavy (non-hydrogen) atoms. The molecule has 1 unspecified atom stereocenters. The van der Waals surface area contributed by atoms with Gasteiger partial charge in [0, 0.05) is 24.3 Å². The minimum Gasteiger partial charge on any atom is -0.497 e. The molecule has 1 atom stereocenters. The maximum atomic E-state index is 12.4. The smallest absolute Gasteiger partial charge is 0.343 e. The predicted octanol–water partition coefficient (Wildman–Crippen LogP) is 3.71. The van der Waals surface area contributed by atoms with Gasteiger partial charge in [0.15, 0.2) is 5.82 Å². The zero-order chi connectivity index (χ0) is 18.5. The van der Waals surface area contributed by atoms with Crippen LogP contribution < -0.4 is 9.64 Å². The average Bonchev–Trinajstić information content (AvgIpc) is 2.68. The Morgan fingerprint density at radius 2 is 2.04 bits per heavy atom. The Hall–Kier alpha value is -2.63. The number of rotatable bonds is 5. The monoisotopic (exact) mass is 355 g/mol. The highest BCUT2D eigenvalue weighted by molar-refractivity contribution is 5.95. The van der Waals surface area contributed by atoms with Gasteiger partial charge in [0.2, 0.25) is 0 Å². The standard InChI is InChI=1S/C20H25N3O3/c1-4-26-20(24)17-13-21-18(15-8-10-16(25-3)11-9-15)22-19(17)23-12-6-5-7-14(23)2/h8-11,13-14H,4-7,12H2,1-3H3. The predicted molar refractivity (Wildman–Crippen MR) is 101 cm³/mol. The average molecular weight is 355 g/mol. The lowest BCUT2D eigenvalue weighted by molar-refractivity contribution is 0.0526. The molecule has 0 aliphatic carbocycles. The molecule has 1 fully saturated rings. The van der Waals surface area contributed by atoms with E-state index >= 15 is 0 Å². The SMILES string of the molecule is CCOC(=O)c1cnc(-c2ccc(OC)cc2)nc1N1CCCCC1C. The van der Waals surface area contributed by atoms with Crippen molar-refractivity contribution in [1.82, 2.24) is 9.97 Å². The molecule has 1 aromatic heterocycles. The van der Waals surface area contributed by atoms with Crippen LogP contribution in [0.3, 0.4) is 0 Å². The van der Waals surface area contributed by atoms with Crippen LogP contribution in [-0.2, 0) is 4.74 Å². The number of anilines is 1. The van der Waals surface area contributed by atoms with Crippen molar-refractivity contribution in [1.29, 1.82) is 0 Å². The Morgan fingerprint density at radius 3 is 2.69 bits per heavy atom. The molecular formula is C20H25N3O3. The number of nitrogens with zero attached hydrogens (tertiary/aromatic N) is 3. The largest absolute Gasteiger partial charge is 0.497 e. The van der Waals surface area contributed by atoms with E-state index in [0.29, 0.717) is 29.9 Å². The van der Waals surface area contributed by atoms with Gasteiger partial charge in [-0.25, -0.2) is 14.8 Å². The van der Waals surface area contributed by atoms with Crippen LogP contribution in [0.4, 0.5) is 5.82 Å². The van der Waals surface area contributed by atoms with E-state index in [1.54, 1.807) is 20.2 Å². The van der Waals surface area contributed by atoms with Crippen LogP contribution in [-0.4, -0.2) is 42.2 Å². The highest BCUT2D eigenvalue weighted by atomic mass is 16.5. The molecule has 2 aromatic rings. The summed E-state index contributed by atoms with van der Waals surface area (Å²) in [4.78, 5) is 23.8. The topological polar surface area (TPSA) is 64.5 Å². The zero-order valence-electron chi connectivity index (χ0n) is 15.6. The highest BCUT2D eigenvalue weighted by Gasteiger charge is 2.26. The molecule has 138 valence electrons. The van der Waals surface area contributed by atoms with Crippen molar-refractivity contribution >= 4 is 11.8 Å². The highest BCUT2D eigenvalue weighted by Crippen LogP contribution is 2.29. The lowest BCUT2D eigenvalue weighted by Gasteiger charge is -2.35. The first-order valence-corrected chi connectivity index (χ1v) is 9.09. The Balaban J connectivity index is 2.02. The second kappa shape index (κ2) is 8.17. The molecule has 0 radical (unpaired) electrons. The van der Waals surface area contributed by atoms with Crippen LogP contribution in [0.25, 0.3) is 11.4 Å². The number of benzene rings is 1. The molecule has 6 heteroatoms. The summed E-state index contributed by atoms with van der Waals surface area (Å²) < 4.78 is 10.4. The van der Waals surface area contributed by atoms with Gasteiger partial charge in [-0.3, -0.25) is 0 Å². The normalized spacial score (nSPS) is 17.0. The molecule has 1 aliphatic rings. The van der Waals surface area contributed by atoms with Gasteiger partial charge in [-0.1, -0.05) is 0 Å². The van der Waals surface area contributed by atoms with Crippen molar-refractivity contribution in [3.63, 3.8) is 0 Å². The molecule has 0 spiro atoms. The van der Waals surface area contributed by atoms with Crippen LogP contribution >= 0.6 is 0 Å². The quantitative estimate of drug-likeness (QED) is 0.762. The molecule has 3 rings (SSSR count). The number of piperidine rings is 1.